The first kappa shape index (κ1) is 16.6. The third kappa shape index (κ3) is 4.29. The summed E-state index contributed by atoms with van der Waals surface area (Å²) in [6, 6.07) is 2.95. The highest BCUT2D eigenvalue weighted by molar-refractivity contribution is 8.00. The lowest BCUT2D eigenvalue weighted by Gasteiger charge is -2.16. The number of thioether (sulfide) groups is 1. The standard InChI is InChI=1S/C11H14F3N3O2S/c1-19-5-9(10(18)17-16)20-8-3-2-6(4-7(8)15)11(12,13)14/h2-4,9H,5,15-16H2,1H3,(H,17,18). The molecule has 1 aromatic rings. The van der Waals surface area contributed by atoms with Crippen LogP contribution in [0.2, 0.25) is 0 Å². The van der Waals surface area contributed by atoms with E-state index in [-0.39, 0.29) is 12.3 Å². The minimum Gasteiger partial charge on any atom is -0.398 e. The minimum absolute atomic E-state index is 0.0498. The number of nitrogens with two attached hydrogens (primary N) is 2. The maximum Gasteiger partial charge on any atom is 0.416 e. The number of nitrogen functional groups attached to an aromatic ring is 1. The number of methoxy groups -OCH3 is 1. The summed E-state index contributed by atoms with van der Waals surface area (Å²) in [5.41, 5.74) is 6.64. The van der Waals surface area contributed by atoms with Crippen LogP contribution in [0.15, 0.2) is 23.1 Å². The average molecular weight is 309 g/mol. The average Bonchev–Trinajstić information content (AvgIpc) is 2.38. The number of amides is 1. The number of hydrazine groups is 1. The van der Waals surface area contributed by atoms with Gasteiger partial charge in [0.05, 0.1) is 12.2 Å². The molecule has 0 radical (unpaired) electrons. The molecule has 20 heavy (non-hydrogen) atoms. The van der Waals surface area contributed by atoms with E-state index >= 15 is 0 Å². The lowest BCUT2D eigenvalue weighted by Crippen LogP contribution is -2.39. The molecule has 112 valence electrons. The van der Waals surface area contributed by atoms with Gasteiger partial charge in [-0.2, -0.15) is 13.2 Å². The number of benzene rings is 1. The van der Waals surface area contributed by atoms with Gasteiger partial charge >= 0.3 is 6.18 Å². The smallest absolute Gasteiger partial charge is 0.398 e. The Morgan fingerprint density at radius 1 is 1.50 bits per heavy atom. The normalized spacial score (nSPS) is 13.1. The molecule has 1 amide bonds. The maximum atomic E-state index is 12.5. The summed E-state index contributed by atoms with van der Waals surface area (Å²) in [7, 11) is 1.40. The predicted octanol–water partition coefficient (Wildman–Crippen LogP) is 1.38. The molecule has 0 saturated carbocycles. The van der Waals surface area contributed by atoms with Crippen LogP contribution in [-0.2, 0) is 15.7 Å². The Labute approximate surface area is 117 Å². The summed E-state index contributed by atoms with van der Waals surface area (Å²) in [5.74, 6) is 4.52. The van der Waals surface area contributed by atoms with Crippen molar-refractivity contribution in [2.24, 2.45) is 5.84 Å². The first-order valence-corrected chi connectivity index (χ1v) is 6.30. The Morgan fingerprint density at radius 2 is 2.15 bits per heavy atom. The van der Waals surface area contributed by atoms with E-state index < -0.39 is 22.9 Å². The van der Waals surface area contributed by atoms with Crippen LogP contribution < -0.4 is 17.0 Å². The van der Waals surface area contributed by atoms with E-state index in [1.807, 2.05) is 5.43 Å². The number of hydrogen-bond acceptors (Lipinski definition) is 5. The first-order chi connectivity index (χ1) is 9.29. The van der Waals surface area contributed by atoms with Crippen LogP contribution in [0.4, 0.5) is 18.9 Å². The Bertz CT molecular complexity index is 482. The van der Waals surface area contributed by atoms with Crippen LogP contribution in [-0.4, -0.2) is 24.9 Å². The van der Waals surface area contributed by atoms with Crippen molar-refractivity contribution >= 4 is 23.4 Å². The number of carbonyl (C=O) groups is 1. The number of hydrogen-bond donors (Lipinski definition) is 3. The molecule has 0 fully saturated rings. The molecule has 0 bridgehead atoms. The van der Waals surface area contributed by atoms with Crippen molar-refractivity contribution in [3.05, 3.63) is 23.8 Å². The van der Waals surface area contributed by atoms with Gasteiger partial charge in [0, 0.05) is 17.7 Å². The highest BCUT2D eigenvalue weighted by Crippen LogP contribution is 2.35. The largest absolute Gasteiger partial charge is 0.416 e. The zero-order valence-corrected chi connectivity index (χ0v) is 11.3. The van der Waals surface area contributed by atoms with E-state index in [9.17, 15) is 18.0 Å². The van der Waals surface area contributed by atoms with Gasteiger partial charge in [-0.15, -0.1) is 11.8 Å². The molecule has 0 aliphatic rings. The van der Waals surface area contributed by atoms with Crippen molar-refractivity contribution < 1.29 is 22.7 Å². The summed E-state index contributed by atoms with van der Waals surface area (Å²) in [4.78, 5) is 11.8. The molecule has 1 aromatic carbocycles. The van der Waals surface area contributed by atoms with Crippen molar-refractivity contribution in [2.75, 3.05) is 19.5 Å². The minimum atomic E-state index is -4.46. The van der Waals surface area contributed by atoms with E-state index in [0.29, 0.717) is 4.90 Å². The molecule has 1 unspecified atom stereocenters. The van der Waals surface area contributed by atoms with Gasteiger partial charge in [-0.05, 0) is 18.2 Å². The number of nitrogens with one attached hydrogen (secondary N) is 1. The van der Waals surface area contributed by atoms with Gasteiger partial charge in [-0.3, -0.25) is 10.2 Å². The molecule has 0 heterocycles. The molecule has 0 spiro atoms. The monoisotopic (exact) mass is 309 g/mol. The lowest BCUT2D eigenvalue weighted by molar-refractivity contribution is -0.137. The molecular weight excluding hydrogens is 295 g/mol. The number of ether oxygens (including phenoxy) is 1. The Hall–Kier alpha value is -1.45. The molecule has 1 rings (SSSR count). The fourth-order valence-electron chi connectivity index (χ4n) is 1.39. The fraction of sp³-hybridized carbons (Fsp3) is 0.364. The quantitative estimate of drug-likeness (QED) is 0.251. The molecule has 0 aliphatic heterocycles. The van der Waals surface area contributed by atoms with Crippen molar-refractivity contribution in [3.63, 3.8) is 0 Å². The van der Waals surface area contributed by atoms with E-state index in [1.54, 1.807) is 0 Å². The SMILES string of the molecule is COCC(Sc1ccc(C(F)(F)F)cc1N)C(=O)NN. The van der Waals surface area contributed by atoms with Gasteiger partial charge in [0.15, 0.2) is 0 Å². The van der Waals surface area contributed by atoms with Crippen molar-refractivity contribution in [3.8, 4) is 0 Å². The predicted molar refractivity (Wildman–Crippen MR) is 69.7 cm³/mol. The van der Waals surface area contributed by atoms with E-state index in [2.05, 4.69) is 0 Å². The summed E-state index contributed by atoms with van der Waals surface area (Å²) < 4.78 is 42.4. The van der Waals surface area contributed by atoms with E-state index in [1.165, 1.54) is 13.2 Å². The van der Waals surface area contributed by atoms with E-state index in [0.717, 1.165) is 23.9 Å². The highest BCUT2D eigenvalue weighted by Gasteiger charge is 2.31. The van der Waals surface area contributed by atoms with Gasteiger partial charge in [0.2, 0.25) is 5.91 Å². The first-order valence-electron chi connectivity index (χ1n) is 5.42. The van der Waals surface area contributed by atoms with Crippen LogP contribution in [0.3, 0.4) is 0 Å². The summed E-state index contributed by atoms with van der Waals surface area (Å²) in [6.07, 6.45) is -4.46. The molecule has 1 atom stereocenters. The third-order valence-corrected chi connectivity index (χ3v) is 3.62. The highest BCUT2D eigenvalue weighted by atomic mass is 32.2. The molecular formula is C11H14F3N3O2S. The zero-order valence-electron chi connectivity index (χ0n) is 10.5. The van der Waals surface area contributed by atoms with Gasteiger partial charge in [0.25, 0.3) is 0 Å². The molecule has 0 saturated heterocycles. The second-order valence-corrected chi connectivity index (χ2v) is 5.07. The van der Waals surface area contributed by atoms with Gasteiger partial charge in [-0.1, -0.05) is 0 Å². The topological polar surface area (TPSA) is 90.4 Å². The fourth-order valence-corrected chi connectivity index (χ4v) is 2.42. The summed E-state index contributed by atoms with van der Waals surface area (Å²) in [6.45, 7) is 0.0498. The zero-order chi connectivity index (χ0) is 15.3. The molecule has 5 nitrogen and oxygen atoms in total. The number of rotatable bonds is 5. The van der Waals surface area contributed by atoms with Gasteiger partial charge < -0.3 is 10.5 Å². The Balaban J connectivity index is 2.94. The Morgan fingerprint density at radius 3 is 2.60 bits per heavy atom. The molecule has 0 aromatic heterocycles. The number of carbonyl (C=O) groups excluding carboxylic acids is 1. The van der Waals surface area contributed by atoms with Gasteiger partial charge in [-0.25, -0.2) is 5.84 Å². The second-order valence-electron chi connectivity index (χ2n) is 3.82. The summed E-state index contributed by atoms with van der Waals surface area (Å²) in [5, 5.41) is -0.705. The third-order valence-electron chi connectivity index (χ3n) is 2.36. The molecule has 9 heteroatoms. The lowest BCUT2D eigenvalue weighted by atomic mass is 10.2. The number of halogens is 3. The van der Waals surface area contributed by atoms with Crippen molar-refractivity contribution in [1.29, 1.82) is 0 Å². The molecule has 5 N–H and O–H groups in total. The maximum absolute atomic E-state index is 12.5. The number of alkyl halides is 3. The van der Waals surface area contributed by atoms with Crippen LogP contribution in [0.25, 0.3) is 0 Å². The Kier molecular flexibility index (Phi) is 5.66. The van der Waals surface area contributed by atoms with Crippen LogP contribution in [0.5, 0.6) is 0 Å². The number of anilines is 1. The van der Waals surface area contributed by atoms with E-state index in [4.69, 9.17) is 16.3 Å². The molecule has 0 aliphatic carbocycles. The van der Waals surface area contributed by atoms with Crippen LogP contribution in [0, 0.1) is 0 Å². The van der Waals surface area contributed by atoms with Crippen LogP contribution in [0.1, 0.15) is 5.56 Å². The summed E-state index contributed by atoms with van der Waals surface area (Å²) >= 11 is 0.983. The van der Waals surface area contributed by atoms with Crippen LogP contribution >= 0.6 is 11.8 Å². The second kappa shape index (κ2) is 6.82. The van der Waals surface area contributed by atoms with Crippen molar-refractivity contribution in [2.45, 2.75) is 16.3 Å². The van der Waals surface area contributed by atoms with Crippen molar-refractivity contribution in [1.82, 2.24) is 5.43 Å². The van der Waals surface area contributed by atoms with Gasteiger partial charge in [0.1, 0.15) is 5.25 Å².